The number of nitrogens with one attached hydrogen (secondary N) is 2. The maximum Gasteiger partial charge on any atom is 0.319 e. The van der Waals surface area contributed by atoms with Crippen molar-refractivity contribution in [3.8, 4) is 11.5 Å². The smallest absolute Gasteiger partial charge is 0.319 e. The predicted molar refractivity (Wildman–Crippen MR) is 83.8 cm³/mol. The quantitative estimate of drug-likeness (QED) is 0.863. The van der Waals surface area contributed by atoms with Crippen molar-refractivity contribution in [3.05, 3.63) is 17.2 Å². The summed E-state index contributed by atoms with van der Waals surface area (Å²) in [4.78, 5) is 12.0. The van der Waals surface area contributed by atoms with Crippen LogP contribution in [0.5, 0.6) is 11.5 Å². The summed E-state index contributed by atoms with van der Waals surface area (Å²) in [6, 6.07) is 2.16. The lowest BCUT2D eigenvalue weighted by molar-refractivity contribution is 0.249. The Balaban J connectivity index is 2.07. The van der Waals surface area contributed by atoms with Crippen LogP contribution in [0.1, 0.15) is 6.42 Å². The summed E-state index contributed by atoms with van der Waals surface area (Å²) in [5, 5.41) is 5.54. The molecule has 22 heavy (non-hydrogen) atoms. The number of hydrogen-bond acceptors (Lipinski definition) is 5. The van der Waals surface area contributed by atoms with Gasteiger partial charge in [-0.25, -0.2) is 13.2 Å². The Morgan fingerprint density at radius 1 is 1.27 bits per heavy atom. The molecule has 2 amide bonds. The molecule has 1 atom stereocenters. The Bertz CT molecular complexity index is 677. The third-order valence-corrected chi connectivity index (χ3v) is 5.35. The van der Waals surface area contributed by atoms with Crippen molar-refractivity contribution in [1.29, 1.82) is 0 Å². The van der Waals surface area contributed by atoms with Gasteiger partial charge in [0.15, 0.2) is 9.84 Å². The summed E-state index contributed by atoms with van der Waals surface area (Å²) in [6.45, 7) is 0. The van der Waals surface area contributed by atoms with Crippen LogP contribution in [-0.4, -0.2) is 46.2 Å². The van der Waals surface area contributed by atoms with Gasteiger partial charge < -0.3 is 20.1 Å². The lowest BCUT2D eigenvalue weighted by Gasteiger charge is -2.15. The second-order valence-corrected chi connectivity index (χ2v) is 7.52. The molecule has 1 aromatic carbocycles. The Hall–Kier alpha value is -1.67. The molecule has 9 heteroatoms. The molecule has 2 N–H and O–H groups in total. The first kappa shape index (κ1) is 16.7. The number of ether oxygens (including phenoxy) is 2. The van der Waals surface area contributed by atoms with E-state index >= 15 is 0 Å². The fraction of sp³-hybridized carbons (Fsp3) is 0.462. The van der Waals surface area contributed by atoms with Crippen LogP contribution in [0.25, 0.3) is 0 Å². The summed E-state index contributed by atoms with van der Waals surface area (Å²) in [7, 11) is -0.120. The standard InChI is InChI=1S/C13H17ClN2O5S/c1-20-11-6-12(21-2)10(5-9(11)14)16-13(17)15-8-3-4-22(18,19)7-8/h5-6,8H,3-4,7H2,1-2H3,(H2,15,16,17). The maximum absolute atomic E-state index is 12.0. The molecule has 0 spiro atoms. The van der Waals surface area contributed by atoms with Crippen LogP contribution in [0.2, 0.25) is 5.02 Å². The molecule has 2 rings (SSSR count). The number of urea groups is 1. The van der Waals surface area contributed by atoms with Crippen LogP contribution >= 0.6 is 11.6 Å². The summed E-state index contributed by atoms with van der Waals surface area (Å²) in [5.74, 6) is 0.859. The molecule has 1 saturated heterocycles. The number of methoxy groups -OCH3 is 2. The molecule has 0 saturated carbocycles. The van der Waals surface area contributed by atoms with E-state index in [1.165, 1.54) is 20.3 Å². The Kier molecular flexibility index (Phi) is 5.02. The molecule has 1 fully saturated rings. The monoisotopic (exact) mass is 348 g/mol. The molecular formula is C13H17ClN2O5S. The molecule has 1 heterocycles. The SMILES string of the molecule is COc1cc(OC)c(NC(=O)NC2CCS(=O)(=O)C2)cc1Cl. The topological polar surface area (TPSA) is 93.7 Å². The Labute approximate surface area is 133 Å². The molecule has 0 aromatic heterocycles. The van der Waals surface area contributed by atoms with Crippen LogP contribution < -0.4 is 20.1 Å². The Morgan fingerprint density at radius 2 is 1.95 bits per heavy atom. The number of amides is 2. The van der Waals surface area contributed by atoms with Gasteiger partial charge in [-0.3, -0.25) is 0 Å². The first-order chi connectivity index (χ1) is 10.3. The highest BCUT2D eigenvalue weighted by atomic mass is 35.5. The van der Waals surface area contributed by atoms with Gasteiger partial charge in [0.25, 0.3) is 0 Å². The summed E-state index contributed by atoms with van der Waals surface area (Å²) in [5.41, 5.74) is 0.367. The zero-order valence-corrected chi connectivity index (χ0v) is 13.8. The number of carbonyl (C=O) groups excluding carboxylic acids is 1. The molecule has 1 aliphatic rings. The molecule has 7 nitrogen and oxygen atoms in total. The number of anilines is 1. The van der Waals surface area contributed by atoms with E-state index in [4.69, 9.17) is 21.1 Å². The zero-order chi connectivity index (χ0) is 16.3. The van der Waals surface area contributed by atoms with Crippen LogP contribution in [-0.2, 0) is 9.84 Å². The minimum absolute atomic E-state index is 0.0408. The zero-order valence-electron chi connectivity index (χ0n) is 12.2. The molecule has 1 aliphatic heterocycles. The van der Waals surface area contributed by atoms with E-state index in [1.807, 2.05) is 0 Å². The van der Waals surface area contributed by atoms with E-state index in [0.717, 1.165) is 0 Å². The van der Waals surface area contributed by atoms with E-state index in [-0.39, 0.29) is 17.5 Å². The van der Waals surface area contributed by atoms with E-state index < -0.39 is 15.9 Å². The molecule has 122 valence electrons. The first-order valence-corrected chi connectivity index (χ1v) is 8.74. The van der Waals surface area contributed by atoms with Gasteiger partial charge in [-0.05, 0) is 12.5 Å². The van der Waals surface area contributed by atoms with E-state index in [1.54, 1.807) is 6.07 Å². The molecule has 0 aliphatic carbocycles. The van der Waals surface area contributed by atoms with Gasteiger partial charge in [-0.1, -0.05) is 11.6 Å². The summed E-state index contributed by atoms with van der Waals surface area (Å²) in [6.07, 6.45) is 0.413. The molecule has 0 bridgehead atoms. The summed E-state index contributed by atoms with van der Waals surface area (Å²) >= 11 is 6.02. The van der Waals surface area contributed by atoms with Gasteiger partial charge in [0.2, 0.25) is 0 Å². The van der Waals surface area contributed by atoms with Gasteiger partial charge in [-0.15, -0.1) is 0 Å². The fourth-order valence-electron chi connectivity index (χ4n) is 2.21. The lowest BCUT2D eigenvalue weighted by Crippen LogP contribution is -2.38. The van der Waals surface area contributed by atoms with Gasteiger partial charge >= 0.3 is 6.03 Å². The van der Waals surface area contributed by atoms with Gasteiger partial charge in [0.1, 0.15) is 11.5 Å². The summed E-state index contributed by atoms with van der Waals surface area (Å²) < 4.78 is 33.0. The highest BCUT2D eigenvalue weighted by Crippen LogP contribution is 2.35. The van der Waals surface area contributed by atoms with Crippen LogP contribution in [0.3, 0.4) is 0 Å². The van der Waals surface area contributed by atoms with Crippen LogP contribution in [0.4, 0.5) is 10.5 Å². The number of rotatable bonds is 4. The number of hydrogen-bond donors (Lipinski definition) is 2. The lowest BCUT2D eigenvalue weighted by atomic mass is 10.2. The second kappa shape index (κ2) is 6.62. The minimum Gasteiger partial charge on any atom is -0.495 e. The van der Waals surface area contributed by atoms with E-state index in [0.29, 0.717) is 28.6 Å². The maximum atomic E-state index is 12.0. The fourth-order valence-corrected chi connectivity index (χ4v) is 4.12. The molecule has 1 unspecified atom stereocenters. The van der Waals surface area contributed by atoms with Crippen molar-refractivity contribution in [2.45, 2.75) is 12.5 Å². The van der Waals surface area contributed by atoms with Gasteiger partial charge in [0.05, 0.1) is 36.4 Å². The predicted octanol–water partition coefficient (Wildman–Crippen LogP) is 1.67. The second-order valence-electron chi connectivity index (χ2n) is 4.89. The van der Waals surface area contributed by atoms with E-state index in [9.17, 15) is 13.2 Å². The normalized spacial score (nSPS) is 19.5. The van der Waals surface area contributed by atoms with Gasteiger partial charge in [-0.2, -0.15) is 0 Å². The van der Waals surface area contributed by atoms with Crippen molar-refractivity contribution >= 4 is 33.2 Å². The minimum atomic E-state index is -3.05. The molecular weight excluding hydrogens is 332 g/mol. The average Bonchev–Trinajstić information content (AvgIpc) is 2.78. The van der Waals surface area contributed by atoms with Crippen molar-refractivity contribution in [3.63, 3.8) is 0 Å². The van der Waals surface area contributed by atoms with Gasteiger partial charge in [0, 0.05) is 12.1 Å². The molecule has 0 radical (unpaired) electrons. The number of carbonyl (C=O) groups is 1. The number of halogens is 1. The largest absolute Gasteiger partial charge is 0.495 e. The van der Waals surface area contributed by atoms with Crippen LogP contribution in [0, 0.1) is 0 Å². The Morgan fingerprint density at radius 3 is 2.50 bits per heavy atom. The third kappa shape index (κ3) is 3.95. The number of benzene rings is 1. The third-order valence-electron chi connectivity index (χ3n) is 3.29. The highest BCUT2D eigenvalue weighted by Gasteiger charge is 2.29. The van der Waals surface area contributed by atoms with Crippen molar-refractivity contribution in [2.24, 2.45) is 0 Å². The molecule has 1 aromatic rings. The highest BCUT2D eigenvalue weighted by molar-refractivity contribution is 7.91. The first-order valence-electron chi connectivity index (χ1n) is 6.54. The van der Waals surface area contributed by atoms with E-state index in [2.05, 4.69) is 10.6 Å². The van der Waals surface area contributed by atoms with Crippen molar-refractivity contribution < 1.29 is 22.7 Å². The number of sulfone groups is 1. The van der Waals surface area contributed by atoms with Crippen molar-refractivity contribution in [1.82, 2.24) is 5.32 Å². The average molecular weight is 349 g/mol. The van der Waals surface area contributed by atoms with Crippen LogP contribution in [0.15, 0.2) is 12.1 Å². The van der Waals surface area contributed by atoms with Crippen molar-refractivity contribution in [2.75, 3.05) is 31.0 Å².